The number of rotatable bonds is 6. The summed E-state index contributed by atoms with van der Waals surface area (Å²) < 4.78 is 1.92. The van der Waals surface area contributed by atoms with Crippen LogP contribution in [0.5, 0.6) is 0 Å². The highest BCUT2D eigenvalue weighted by Crippen LogP contribution is 2.30. The van der Waals surface area contributed by atoms with Gasteiger partial charge < -0.3 is 0 Å². The molecule has 0 aliphatic heterocycles. The van der Waals surface area contributed by atoms with Crippen LogP contribution < -0.4 is 0 Å². The third kappa shape index (κ3) is 4.55. The lowest BCUT2D eigenvalue weighted by atomic mass is 10.1. The minimum absolute atomic E-state index is 0.0783. The maximum Gasteiger partial charge on any atom is 0.196 e. The molecule has 30 heavy (non-hydrogen) atoms. The van der Waals surface area contributed by atoms with Crippen molar-refractivity contribution in [3.8, 4) is 17.1 Å². The van der Waals surface area contributed by atoms with E-state index in [1.807, 2.05) is 53.1 Å². The molecule has 1 heterocycles. The van der Waals surface area contributed by atoms with Gasteiger partial charge in [0.05, 0.1) is 15.8 Å². The molecule has 0 bridgehead atoms. The van der Waals surface area contributed by atoms with E-state index in [9.17, 15) is 4.79 Å². The zero-order chi connectivity index (χ0) is 21.1. The number of carbonyl (C=O) groups is 1. The second-order valence-corrected chi connectivity index (χ2v) is 8.52. The number of aromatic nitrogens is 3. The fourth-order valence-corrected chi connectivity index (χ4v) is 4.21. The molecule has 0 amide bonds. The standard InChI is InChI=1S/C22H14Cl3N3OS/c23-16-6-4-5-15(11-16)21-26-27-22(28(21)17-7-2-1-3-8-17)30-13-20(29)14-9-10-18(24)19(25)12-14/h1-12H,13H2. The lowest BCUT2D eigenvalue weighted by Crippen LogP contribution is -2.05. The van der Waals surface area contributed by atoms with E-state index in [0.29, 0.717) is 31.6 Å². The fraction of sp³-hybridized carbons (Fsp3) is 0.0455. The van der Waals surface area contributed by atoms with E-state index in [4.69, 9.17) is 34.8 Å². The summed E-state index contributed by atoms with van der Waals surface area (Å²) in [6.45, 7) is 0. The highest BCUT2D eigenvalue weighted by molar-refractivity contribution is 7.99. The lowest BCUT2D eigenvalue weighted by molar-refractivity contribution is 0.102. The van der Waals surface area contributed by atoms with E-state index in [-0.39, 0.29) is 11.5 Å². The molecule has 8 heteroatoms. The first-order valence-electron chi connectivity index (χ1n) is 8.91. The topological polar surface area (TPSA) is 47.8 Å². The lowest BCUT2D eigenvalue weighted by Gasteiger charge is -2.10. The Kier molecular flexibility index (Phi) is 6.44. The van der Waals surface area contributed by atoms with Gasteiger partial charge >= 0.3 is 0 Å². The van der Waals surface area contributed by atoms with E-state index in [2.05, 4.69) is 10.2 Å². The van der Waals surface area contributed by atoms with Gasteiger partial charge in [0, 0.05) is 21.8 Å². The van der Waals surface area contributed by atoms with Gasteiger partial charge in [-0.25, -0.2) is 0 Å². The Bertz CT molecular complexity index is 1210. The summed E-state index contributed by atoms with van der Waals surface area (Å²) in [6.07, 6.45) is 0. The Labute approximate surface area is 192 Å². The third-order valence-electron chi connectivity index (χ3n) is 4.30. The zero-order valence-corrected chi connectivity index (χ0v) is 18.5. The monoisotopic (exact) mass is 473 g/mol. The molecule has 0 fully saturated rings. The first-order chi connectivity index (χ1) is 14.5. The Balaban J connectivity index is 1.66. The van der Waals surface area contributed by atoms with Crippen molar-refractivity contribution in [2.45, 2.75) is 5.16 Å². The minimum Gasteiger partial charge on any atom is -0.293 e. The summed E-state index contributed by atoms with van der Waals surface area (Å²) in [5.74, 6) is 0.747. The van der Waals surface area contributed by atoms with Crippen molar-refractivity contribution in [3.63, 3.8) is 0 Å². The Morgan fingerprint density at radius 2 is 1.67 bits per heavy atom. The normalized spacial score (nSPS) is 10.9. The molecule has 4 aromatic rings. The van der Waals surface area contributed by atoms with Crippen molar-refractivity contribution in [2.24, 2.45) is 0 Å². The second-order valence-electron chi connectivity index (χ2n) is 6.33. The van der Waals surface area contributed by atoms with Crippen LogP contribution in [-0.4, -0.2) is 26.3 Å². The first-order valence-corrected chi connectivity index (χ1v) is 11.0. The fourth-order valence-electron chi connectivity index (χ4n) is 2.87. The van der Waals surface area contributed by atoms with Gasteiger partial charge in [-0.2, -0.15) is 0 Å². The summed E-state index contributed by atoms with van der Waals surface area (Å²) in [6, 6.07) is 22.0. The maximum absolute atomic E-state index is 12.7. The highest BCUT2D eigenvalue weighted by Gasteiger charge is 2.18. The van der Waals surface area contributed by atoms with Crippen molar-refractivity contribution in [1.82, 2.24) is 14.8 Å². The van der Waals surface area contributed by atoms with Crippen molar-refractivity contribution >= 4 is 52.3 Å². The summed E-state index contributed by atoms with van der Waals surface area (Å²) in [5.41, 5.74) is 2.22. The smallest absolute Gasteiger partial charge is 0.196 e. The van der Waals surface area contributed by atoms with Gasteiger partial charge in [0.2, 0.25) is 0 Å². The van der Waals surface area contributed by atoms with Crippen molar-refractivity contribution in [2.75, 3.05) is 5.75 Å². The van der Waals surface area contributed by atoms with Crippen molar-refractivity contribution in [1.29, 1.82) is 0 Å². The highest BCUT2D eigenvalue weighted by atomic mass is 35.5. The largest absolute Gasteiger partial charge is 0.293 e. The van der Waals surface area contributed by atoms with E-state index in [1.165, 1.54) is 11.8 Å². The Morgan fingerprint density at radius 3 is 2.40 bits per heavy atom. The number of nitrogens with zero attached hydrogens (tertiary/aromatic N) is 3. The van der Waals surface area contributed by atoms with Crippen LogP contribution in [-0.2, 0) is 0 Å². The van der Waals surface area contributed by atoms with Crippen LogP contribution in [0.4, 0.5) is 0 Å². The molecule has 4 nitrogen and oxygen atoms in total. The second kappa shape index (κ2) is 9.23. The molecule has 3 aromatic carbocycles. The number of hydrogen-bond donors (Lipinski definition) is 0. The summed E-state index contributed by atoms with van der Waals surface area (Å²) >= 11 is 19.4. The Hall–Kier alpha value is -2.31. The van der Waals surface area contributed by atoms with Crippen LogP contribution in [0.1, 0.15) is 10.4 Å². The summed E-state index contributed by atoms with van der Waals surface area (Å²) in [7, 11) is 0. The Morgan fingerprint density at radius 1 is 0.867 bits per heavy atom. The van der Waals surface area contributed by atoms with Gasteiger partial charge in [0.15, 0.2) is 16.8 Å². The molecule has 0 saturated carbocycles. The van der Waals surface area contributed by atoms with Gasteiger partial charge in [0.25, 0.3) is 0 Å². The molecule has 0 N–H and O–H groups in total. The van der Waals surface area contributed by atoms with Gasteiger partial charge in [-0.15, -0.1) is 10.2 Å². The van der Waals surface area contributed by atoms with Gasteiger partial charge in [0.1, 0.15) is 0 Å². The molecule has 4 rings (SSSR count). The number of benzene rings is 3. The number of thioether (sulfide) groups is 1. The third-order valence-corrected chi connectivity index (χ3v) is 6.21. The van der Waals surface area contributed by atoms with E-state index in [0.717, 1.165) is 11.3 Å². The van der Waals surface area contributed by atoms with E-state index >= 15 is 0 Å². The minimum atomic E-state index is -0.0783. The zero-order valence-electron chi connectivity index (χ0n) is 15.4. The summed E-state index contributed by atoms with van der Waals surface area (Å²) in [5, 5.41) is 10.7. The molecular formula is C22H14Cl3N3OS. The van der Waals surface area contributed by atoms with Crippen molar-refractivity contribution in [3.05, 3.63) is 93.4 Å². The van der Waals surface area contributed by atoms with Crippen LogP contribution in [0.3, 0.4) is 0 Å². The molecule has 150 valence electrons. The molecule has 1 aromatic heterocycles. The number of halogens is 3. The molecule has 0 aliphatic carbocycles. The molecule has 0 atom stereocenters. The number of hydrogen-bond acceptors (Lipinski definition) is 4. The molecule has 0 radical (unpaired) electrons. The SMILES string of the molecule is O=C(CSc1nnc(-c2cccc(Cl)c2)n1-c1ccccc1)c1ccc(Cl)c(Cl)c1. The number of Topliss-reactive ketones (excluding diaryl/α,β-unsaturated/α-hetero) is 1. The molecule has 0 spiro atoms. The molecule has 0 aliphatic rings. The van der Waals surface area contributed by atoms with Crippen LogP contribution in [0.2, 0.25) is 15.1 Å². The summed E-state index contributed by atoms with van der Waals surface area (Å²) in [4.78, 5) is 12.7. The predicted octanol–water partition coefficient (Wildman–Crippen LogP) is 6.87. The van der Waals surface area contributed by atoms with Gasteiger partial charge in [-0.3, -0.25) is 9.36 Å². The number of carbonyl (C=O) groups excluding carboxylic acids is 1. The van der Waals surface area contributed by atoms with E-state index in [1.54, 1.807) is 24.3 Å². The molecular weight excluding hydrogens is 461 g/mol. The van der Waals surface area contributed by atoms with Crippen LogP contribution in [0, 0.1) is 0 Å². The van der Waals surface area contributed by atoms with Gasteiger partial charge in [-0.1, -0.05) is 76.9 Å². The van der Waals surface area contributed by atoms with Crippen LogP contribution in [0.25, 0.3) is 17.1 Å². The average molecular weight is 475 g/mol. The van der Waals surface area contributed by atoms with E-state index < -0.39 is 0 Å². The molecule has 0 saturated heterocycles. The quantitative estimate of drug-likeness (QED) is 0.226. The maximum atomic E-state index is 12.7. The van der Waals surface area contributed by atoms with Crippen LogP contribution in [0.15, 0.2) is 78.0 Å². The first kappa shape index (κ1) is 20.9. The average Bonchev–Trinajstić information content (AvgIpc) is 3.18. The van der Waals surface area contributed by atoms with Gasteiger partial charge in [-0.05, 0) is 42.5 Å². The van der Waals surface area contributed by atoms with Crippen LogP contribution >= 0.6 is 46.6 Å². The number of para-hydroxylation sites is 1. The molecule has 0 unspecified atom stereocenters. The van der Waals surface area contributed by atoms with Crippen molar-refractivity contribution < 1.29 is 4.79 Å². The number of ketones is 1. The predicted molar refractivity (Wildman–Crippen MR) is 123 cm³/mol.